The van der Waals surface area contributed by atoms with E-state index in [0.29, 0.717) is 37.4 Å². The lowest BCUT2D eigenvalue weighted by atomic mass is 10.1. The first kappa shape index (κ1) is 27.1. The number of hydrogen-bond donors (Lipinski definition) is 1. The van der Waals surface area contributed by atoms with Gasteiger partial charge in [-0.05, 0) is 19.1 Å². The summed E-state index contributed by atoms with van der Waals surface area (Å²) in [5.74, 6) is -0.597. The van der Waals surface area contributed by atoms with Crippen LogP contribution in [0.2, 0.25) is 0 Å². The first-order valence-corrected chi connectivity index (χ1v) is 12.6. The number of amides is 3. The zero-order valence-corrected chi connectivity index (χ0v) is 21.3. The van der Waals surface area contributed by atoms with E-state index in [-0.39, 0.29) is 29.7 Å². The highest BCUT2D eigenvalue weighted by Gasteiger charge is 2.31. The average molecular weight is 519 g/mol. The third-order valence-electron chi connectivity index (χ3n) is 5.58. The number of esters is 1. The summed E-state index contributed by atoms with van der Waals surface area (Å²) in [6.45, 7) is 3.25. The lowest BCUT2D eigenvalue weighted by Crippen LogP contribution is -2.56. The number of piperazine rings is 1. The topological polar surface area (TPSA) is 127 Å². The van der Waals surface area contributed by atoms with Gasteiger partial charge in [-0.15, -0.1) is 11.8 Å². The van der Waals surface area contributed by atoms with Gasteiger partial charge in [0.05, 0.1) is 32.1 Å². The Balaban J connectivity index is 1.74. The number of nitrogens with one attached hydrogen (secondary N) is 1. The van der Waals surface area contributed by atoms with E-state index in [4.69, 9.17) is 9.47 Å². The molecule has 2 heterocycles. The quantitative estimate of drug-likeness (QED) is 0.492. The summed E-state index contributed by atoms with van der Waals surface area (Å²) in [4.78, 5) is 57.6. The molecule has 0 bridgehead atoms. The average Bonchev–Trinajstić information content (AvgIpc) is 2.91. The number of benzene rings is 1. The highest BCUT2D eigenvalue weighted by molar-refractivity contribution is 8.00. The zero-order valence-electron chi connectivity index (χ0n) is 20.5. The lowest BCUT2D eigenvalue weighted by Gasteiger charge is -2.35. The van der Waals surface area contributed by atoms with E-state index in [0.717, 1.165) is 5.39 Å². The molecule has 0 spiro atoms. The third-order valence-corrected chi connectivity index (χ3v) is 6.59. The minimum absolute atomic E-state index is 0.0365. The van der Waals surface area contributed by atoms with Crippen molar-refractivity contribution < 1.29 is 33.4 Å². The molecule has 1 aliphatic rings. The van der Waals surface area contributed by atoms with E-state index in [2.05, 4.69) is 15.0 Å². The smallest absolute Gasteiger partial charge is 0.409 e. The summed E-state index contributed by atoms with van der Waals surface area (Å²) >= 11 is 1.18. The van der Waals surface area contributed by atoms with Crippen LogP contribution >= 0.6 is 11.8 Å². The maximum atomic E-state index is 13.3. The van der Waals surface area contributed by atoms with Crippen LogP contribution < -0.4 is 10.1 Å². The van der Waals surface area contributed by atoms with E-state index in [9.17, 15) is 19.2 Å². The number of ether oxygens (including phenoxy) is 3. The van der Waals surface area contributed by atoms with Crippen LogP contribution in [-0.4, -0.2) is 103 Å². The van der Waals surface area contributed by atoms with Crippen LogP contribution in [0.1, 0.15) is 17.4 Å². The predicted molar refractivity (Wildman–Crippen MR) is 134 cm³/mol. The van der Waals surface area contributed by atoms with Crippen molar-refractivity contribution in [1.29, 1.82) is 0 Å². The fourth-order valence-corrected chi connectivity index (χ4v) is 4.56. The minimum Gasteiger partial charge on any atom is -0.496 e. The van der Waals surface area contributed by atoms with E-state index in [1.165, 1.54) is 36.9 Å². The number of methoxy groups -OCH3 is 2. The summed E-state index contributed by atoms with van der Waals surface area (Å²) < 4.78 is 15.1. The second-order valence-corrected chi connectivity index (χ2v) is 8.89. The Hall–Kier alpha value is -3.54. The van der Waals surface area contributed by atoms with Gasteiger partial charge in [0, 0.05) is 43.4 Å². The number of fused-ring (bicyclic) bond motifs is 1. The molecule has 36 heavy (non-hydrogen) atoms. The number of carbonyl (C=O) groups is 4. The molecule has 11 nitrogen and oxygen atoms in total. The summed E-state index contributed by atoms with van der Waals surface area (Å²) in [7, 11) is 2.80. The number of thioether (sulfide) groups is 1. The van der Waals surface area contributed by atoms with Crippen LogP contribution in [0.15, 0.2) is 30.3 Å². The Morgan fingerprint density at radius 3 is 2.44 bits per heavy atom. The van der Waals surface area contributed by atoms with Crippen LogP contribution in [0.4, 0.5) is 4.79 Å². The van der Waals surface area contributed by atoms with E-state index in [1.807, 2.05) is 18.2 Å². The third kappa shape index (κ3) is 6.78. The van der Waals surface area contributed by atoms with Crippen LogP contribution in [-0.2, 0) is 19.1 Å². The van der Waals surface area contributed by atoms with Crippen molar-refractivity contribution in [3.8, 4) is 5.75 Å². The minimum atomic E-state index is -0.916. The molecule has 12 heteroatoms. The number of pyridine rings is 1. The van der Waals surface area contributed by atoms with Crippen molar-refractivity contribution in [3.63, 3.8) is 0 Å². The summed E-state index contributed by atoms with van der Waals surface area (Å²) in [5.41, 5.74) is 0.688. The predicted octanol–water partition coefficient (Wildman–Crippen LogP) is 1.55. The molecule has 1 atom stereocenters. The Morgan fingerprint density at radius 2 is 1.78 bits per heavy atom. The first-order valence-electron chi connectivity index (χ1n) is 11.5. The van der Waals surface area contributed by atoms with Crippen molar-refractivity contribution in [2.45, 2.75) is 13.0 Å². The molecule has 1 aromatic heterocycles. The van der Waals surface area contributed by atoms with Crippen LogP contribution in [0.5, 0.6) is 5.75 Å². The van der Waals surface area contributed by atoms with E-state index in [1.54, 1.807) is 17.9 Å². The molecular formula is C24H30N4O7S. The number of para-hydroxylation sites is 1. The van der Waals surface area contributed by atoms with Gasteiger partial charge in [-0.2, -0.15) is 0 Å². The van der Waals surface area contributed by atoms with Gasteiger partial charge >= 0.3 is 12.1 Å². The maximum absolute atomic E-state index is 13.3. The summed E-state index contributed by atoms with van der Waals surface area (Å²) in [6.07, 6.45) is -0.417. The molecule has 3 rings (SSSR count). The molecule has 1 unspecified atom stereocenters. The van der Waals surface area contributed by atoms with Crippen LogP contribution in [0.3, 0.4) is 0 Å². The second-order valence-electron chi connectivity index (χ2n) is 7.86. The van der Waals surface area contributed by atoms with E-state index >= 15 is 0 Å². The van der Waals surface area contributed by atoms with Gasteiger partial charge in [0.1, 0.15) is 17.5 Å². The highest BCUT2D eigenvalue weighted by atomic mass is 32.2. The van der Waals surface area contributed by atoms with Crippen molar-refractivity contribution >= 4 is 46.5 Å². The number of carbonyl (C=O) groups excluding carboxylic acids is 4. The molecule has 1 saturated heterocycles. The molecule has 1 aliphatic heterocycles. The lowest BCUT2D eigenvalue weighted by molar-refractivity contribution is -0.137. The van der Waals surface area contributed by atoms with Gasteiger partial charge in [0.2, 0.25) is 5.91 Å². The largest absolute Gasteiger partial charge is 0.496 e. The molecule has 0 radical (unpaired) electrons. The van der Waals surface area contributed by atoms with Crippen LogP contribution in [0.25, 0.3) is 10.9 Å². The summed E-state index contributed by atoms with van der Waals surface area (Å²) in [5, 5.41) is 3.53. The number of hydrogen-bond acceptors (Lipinski definition) is 9. The molecular weight excluding hydrogens is 488 g/mol. The Bertz CT molecular complexity index is 1110. The van der Waals surface area contributed by atoms with E-state index < -0.39 is 24.0 Å². The van der Waals surface area contributed by atoms with Gasteiger partial charge in [0.25, 0.3) is 5.91 Å². The van der Waals surface area contributed by atoms with Gasteiger partial charge in [-0.25, -0.2) is 9.78 Å². The van der Waals surface area contributed by atoms with Crippen LogP contribution in [0, 0.1) is 0 Å². The molecule has 0 saturated carbocycles. The zero-order chi connectivity index (χ0) is 26.1. The van der Waals surface area contributed by atoms with Gasteiger partial charge < -0.3 is 29.3 Å². The molecule has 194 valence electrons. The molecule has 2 aromatic rings. The first-order chi connectivity index (χ1) is 17.4. The molecule has 1 aromatic carbocycles. The van der Waals surface area contributed by atoms with Crippen molar-refractivity contribution in [2.24, 2.45) is 0 Å². The number of rotatable bonds is 9. The Kier molecular flexibility index (Phi) is 9.74. The monoisotopic (exact) mass is 518 g/mol. The maximum Gasteiger partial charge on any atom is 0.409 e. The molecule has 1 N–H and O–H groups in total. The molecule has 1 fully saturated rings. The van der Waals surface area contributed by atoms with Crippen molar-refractivity contribution in [3.05, 3.63) is 36.0 Å². The standard InChI is InChI=1S/C24H30N4O7S/c1-4-35-24(32)28-11-9-27(10-12-28)23(31)19(14-36-15-21(29)34-3)26-22(30)18-13-20(33-2)16-7-5-6-8-17(16)25-18/h5-8,13,19H,4,9-12,14-15H2,1-3H3,(H,26,30). The number of nitrogens with zero attached hydrogens (tertiary/aromatic N) is 3. The molecule has 3 amide bonds. The van der Waals surface area contributed by atoms with Gasteiger partial charge in [-0.3, -0.25) is 14.4 Å². The van der Waals surface area contributed by atoms with Gasteiger partial charge in [-0.1, -0.05) is 12.1 Å². The second kappa shape index (κ2) is 13.0. The highest BCUT2D eigenvalue weighted by Crippen LogP contribution is 2.25. The molecule has 0 aliphatic carbocycles. The SMILES string of the molecule is CCOC(=O)N1CCN(C(=O)C(CSCC(=O)OC)NC(=O)c2cc(OC)c3ccccc3n2)CC1. The number of aromatic nitrogens is 1. The van der Waals surface area contributed by atoms with Gasteiger partial charge in [0.15, 0.2) is 0 Å². The summed E-state index contributed by atoms with van der Waals surface area (Å²) in [6, 6.07) is 7.88. The van der Waals surface area contributed by atoms with Crippen molar-refractivity contribution in [1.82, 2.24) is 20.1 Å². The fourth-order valence-electron chi connectivity index (χ4n) is 3.70. The Labute approximate surface area is 213 Å². The fraction of sp³-hybridized carbons (Fsp3) is 0.458. The normalized spacial score (nSPS) is 14.2. The van der Waals surface area contributed by atoms with Crippen molar-refractivity contribution in [2.75, 3.05) is 58.5 Å². The Morgan fingerprint density at radius 1 is 1.08 bits per heavy atom.